The molecule has 5 rings (SSSR count). The molecule has 0 spiro atoms. The third-order valence-corrected chi connectivity index (χ3v) is 8.15. The van der Waals surface area contributed by atoms with Crippen LogP contribution in [0.25, 0.3) is 32.9 Å². The molecule has 2 N–H and O–H groups in total. The largest absolute Gasteiger partial charge is 0.463 e. The van der Waals surface area contributed by atoms with E-state index in [1.165, 1.54) is 0 Å². The lowest BCUT2D eigenvalue weighted by Crippen LogP contribution is -2.44. The first kappa shape index (κ1) is 25.9. The summed E-state index contributed by atoms with van der Waals surface area (Å²) in [5.41, 5.74) is 1.01. The van der Waals surface area contributed by atoms with Gasteiger partial charge in [-0.05, 0) is 55.7 Å². The first-order valence-electron chi connectivity index (χ1n) is 12.6. The molecule has 0 saturated carbocycles. The van der Waals surface area contributed by atoms with Crippen LogP contribution in [0.5, 0.6) is 6.01 Å². The summed E-state index contributed by atoms with van der Waals surface area (Å²) in [6.45, 7) is 2.42. The molecule has 1 unspecified atom stereocenters. The summed E-state index contributed by atoms with van der Waals surface area (Å²) in [4.78, 5) is 13.6. The molecule has 3 heterocycles. The summed E-state index contributed by atoms with van der Waals surface area (Å²) in [7, 11) is 1.75. The van der Waals surface area contributed by atoms with Crippen molar-refractivity contribution in [3.63, 3.8) is 0 Å². The highest BCUT2D eigenvalue weighted by atomic mass is 35.5. The van der Waals surface area contributed by atoms with Crippen LogP contribution in [0, 0.1) is 11.2 Å². The van der Waals surface area contributed by atoms with Gasteiger partial charge in [0.15, 0.2) is 5.82 Å². The molecule has 1 aliphatic heterocycles. The van der Waals surface area contributed by atoms with Crippen molar-refractivity contribution < 1.29 is 9.13 Å². The normalized spacial score (nSPS) is 17.8. The fourth-order valence-corrected chi connectivity index (χ4v) is 5.94. The summed E-state index contributed by atoms with van der Waals surface area (Å²) in [6.07, 6.45) is 8.13. The predicted molar refractivity (Wildman–Crippen MR) is 152 cm³/mol. The number of benzene rings is 2. The van der Waals surface area contributed by atoms with Crippen molar-refractivity contribution in [3.8, 4) is 17.3 Å². The Morgan fingerprint density at radius 3 is 2.81 bits per heavy atom. The van der Waals surface area contributed by atoms with Crippen LogP contribution in [0.1, 0.15) is 25.7 Å². The minimum Gasteiger partial charge on any atom is -0.463 e. The van der Waals surface area contributed by atoms with Gasteiger partial charge < -0.3 is 15.4 Å². The molecule has 0 bridgehead atoms. The molecule has 1 saturated heterocycles. The number of thioether (sulfide) groups is 1. The molecule has 2 aromatic heterocycles. The molecule has 1 atom stereocenters. The van der Waals surface area contributed by atoms with E-state index in [9.17, 15) is 0 Å². The van der Waals surface area contributed by atoms with Crippen molar-refractivity contribution in [3.05, 3.63) is 53.4 Å². The number of ether oxygens (including phenoxy) is 1. The van der Waals surface area contributed by atoms with Crippen LogP contribution in [0.4, 0.5) is 10.2 Å². The number of fused-ring (bicyclic) bond motifs is 2. The molecule has 0 amide bonds. The number of rotatable bonds is 9. The number of nitrogens with one attached hydrogen (secondary N) is 2. The van der Waals surface area contributed by atoms with E-state index < -0.39 is 5.82 Å². The van der Waals surface area contributed by atoms with Crippen LogP contribution in [0.15, 0.2) is 42.6 Å². The second-order valence-corrected chi connectivity index (χ2v) is 11.0. The number of halogens is 2. The number of aromatic nitrogens is 3. The number of pyridine rings is 1. The molecular weight excluding hydrogens is 509 g/mol. The molecule has 2 aromatic carbocycles. The minimum absolute atomic E-state index is 0.0216. The molecule has 6 nitrogen and oxygen atoms in total. The molecule has 1 aliphatic rings. The van der Waals surface area contributed by atoms with Crippen LogP contribution >= 0.6 is 23.4 Å². The third-order valence-electron chi connectivity index (χ3n) is 7.13. The van der Waals surface area contributed by atoms with Crippen LogP contribution in [-0.2, 0) is 0 Å². The fourth-order valence-electron chi connectivity index (χ4n) is 5.22. The maximum absolute atomic E-state index is 16.1. The van der Waals surface area contributed by atoms with Crippen LogP contribution in [0.3, 0.4) is 0 Å². The van der Waals surface area contributed by atoms with Crippen molar-refractivity contribution in [1.29, 1.82) is 0 Å². The van der Waals surface area contributed by atoms with Gasteiger partial charge in [-0.15, -0.1) is 0 Å². The SMILES string of the molecule is CNc1nc(OCC2(CCCSC)CCCNC2)nc2c(F)c(-c3cccc4cccc(Cl)c34)ncc12. The number of hydrogen-bond donors (Lipinski definition) is 2. The zero-order valence-corrected chi connectivity index (χ0v) is 22.7. The van der Waals surface area contributed by atoms with E-state index in [-0.39, 0.29) is 22.6 Å². The Balaban J connectivity index is 1.53. The maximum Gasteiger partial charge on any atom is 0.319 e. The molecular formula is C28H31ClFN5OS. The van der Waals surface area contributed by atoms with Crippen LogP contribution in [0.2, 0.25) is 5.02 Å². The van der Waals surface area contributed by atoms with E-state index >= 15 is 4.39 Å². The van der Waals surface area contributed by atoms with Gasteiger partial charge >= 0.3 is 6.01 Å². The Morgan fingerprint density at radius 2 is 2.05 bits per heavy atom. The molecule has 0 aliphatic carbocycles. The lowest BCUT2D eigenvalue weighted by Gasteiger charge is -2.37. The topological polar surface area (TPSA) is 72.0 Å². The van der Waals surface area contributed by atoms with Gasteiger partial charge in [-0.2, -0.15) is 21.7 Å². The Kier molecular flexibility index (Phi) is 7.98. The molecule has 37 heavy (non-hydrogen) atoms. The quantitative estimate of drug-likeness (QED) is 0.233. The lowest BCUT2D eigenvalue weighted by atomic mass is 9.78. The molecule has 1 fully saturated rings. The minimum atomic E-state index is -0.525. The van der Waals surface area contributed by atoms with Gasteiger partial charge in [-0.3, -0.25) is 4.98 Å². The van der Waals surface area contributed by atoms with Gasteiger partial charge in [0.2, 0.25) is 0 Å². The van der Waals surface area contributed by atoms with Gasteiger partial charge in [0.25, 0.3) is 0 Å². The van der Waals surface area contributed by atoms with Gasteiger partial charge in [0.1, 0.15) is 17.0 Å². The summed E-state index contributed by atoms with van der Waals surface area (Å²) >= 11 is 8.38. The Morgan fingerprint density at radius 1 is 1.22 bits per heavy atom. The van der Waals surface area contributed by atoms with Crippen molar-refractivity contribution in [2.24, 2.45) is 5.41 Å². The first-order valence-corrected chi connectivity index (χ1v) is 14.4. The van der Waals surface area contributed by atoms with E-state index in [4.69, 9.17) is 16.3 Å². The van der Waals surface area contributed by atoms with E-state index in [1.807, 2.05) is 42.1 Å². The Labute approximate surface area is 225 Å². The second-order valence-electron chi connectivity index (χ2n) is 9.60. The van der Waals surface area contributed by atoms with E-state index in [1.54, 1.807) is 19.3 Å². The lowest BCUT2D eigenvalue weighted by molar-refractivity contribution is 0.0939. The average molecular weight is 540 g/mol. The average Bonchev–Trinajstić information content (AvgIpc) is 2.92. The highest BCUT2D eigenvalue weighted by molar-refractivity contribution is 7.98. The monoisotopic (exact) mass is 539 g/mol. The molecule has 194 valence electrons. The third kappa shape index (κ3) is 5.33. The van der Waals surface area contributed by atoms with E-state index in [0.29, 0.717) is 28.4 Å². The highest BCUT2D eigenvalue weighted by Gasteiger charge is 2.33. The second kappa shape index (κ2) is 11.4. The Hall–Kier alpha value is -2.68. The van der Waals surface area contributed by atoms with Crippen molar-refractivity contribution >= 4 is 50.9 Å². The summed E-state index contributed by atoms with van der Waals surface area (Å²) in [5.74, 6) is 1.08. The standard InChI is InChI=1S/C28H31ClFN5OS/c1-31-26-20-15-33-24(19-9-3-7-18-8-4-10-21(29)22(18)19)23(30)25(20)34-27(35-26)36-17-28(12-6-14-37-2)11-5-13-32-16-28/h3-4,7-10,15,32H,5-6,11-14,16-17H2,1-2H3,(H,31,34,35). The first-order chi connectivity index (χ1) is 18.0. The summed E-state index contributed by atoms with van der Waals surface area (Å²) in [6, 6.07) is 11.5. The predicted octanol–water partition coefficient (Wildman–Crippen LogP) is 6.57. The van der Waals surface area contributed by atoms with Gasteiger partial charge in [0, 0.05) is 41.2 Å². The maximum atomic E-state index is 16.1. The summed E-state index contributed by atoms with van der Waals surface area (Å²) in [5, 5.41) is 9.30. The molecule has 9 heteroatoms. The Bertz CT molecular complexity index is 1410. The molecule has 0 radical (unpaired) electrons. The highest BCUT2D eigenvalue weighted by Crippen LogP contribution is 2.37. The zero-order valence-electron chi connectivity index (χ0n) is 21.1. The van der Waals surface area contributed by atoms with E-state index in [0.717, 1.165) is 55.3 Å². The van der Waals surface area contributed by atoms with Crippen molar-refractivity contribution in [2.45, 2.75) is 25.7 Å². The van der Waals surface area contributed by atoms with Crippen molar-refractivity contribution in [2.75, 3.05) is 44.1 Å². The van der Waals surface area contributed by atoms with Crippen LogP contribution < -0.4 is 15.4 Å². The number of anilines is 1. The van der Waals surface area contributed by atoms with Crippen LogP contribution in [-0.4, -0.2) is 53.7 Å². The number of piperidine rings is 1. The smallest absolute Gasteiger partial charge is 0.319 e. The summed E-state index contributed by atoms with van der Waals surface area (Å²) < 4.78 is 22.3. The van der Waals surface area contributed by atoms with Gasteiger partial charge in [0.05, 0.1) is 12.0 Å². The van der Waals surface area contributed by atoms with Gasteiger partial charge in [-0.1, -0.05) is 41.9 Å². The zero-order chi connectivity index (χ0) is 25.8. The van der Waals surface area contributed by atoms with Crippen molar-refractivity contribution in [1.82, 2.24) is 20.3 Å². The number of nitrogens with zero attached hydrogens (tertiary/aromatic N) is 3. The van der Waals surface area contributed by atoms with E-state index in [2.05, 4.69) is 31.8 Å². The van der Waals surface area contributed by atoms with Gasteiger partial charge in [-0.25, -0.2) is 4.39 Å². The molecule has 4 aromatic rings. The number of hydrogen-bond acceptors (Lipinski definition) is 7. The fraction of sp³-hybridized carbons (Fsp3) is 0.393.